The summed E-state index contributed by atoms with van der Waals surface area (Å²) < 4.78 is 17.3. The maximum Gasteiger partial charge on any atom is 0.332 e. The zero-order valence-corrected chi connectivity index (χ0v) is 14.6. The highest BCUT2D eigenvalue weighted by atomic mass is 31.2. The van der Waals surface area contributed by atoms with Gasteiger partial charge in [0.05, 0.1) is 19.8 Å². The van der Waals surface area contributed by atoms with Gasteiger partial charge < -0.3 is 13.6 Å². The summed E-state index contributed by atoms with van der Waals surface area (Å²) in [5.41, 5.74) is 2.53. The van der Waals surface area contributed by atoms with Crippen molar-refractivity contribution >= 4 is 8.60 Å². The van der Waals surface area contributed by atoms with Crippen LogP contribution in [0.15, 0.2) is 60.7 Å². The fourth-order valence-electron chi connectivity index (χ4n) is 2.04. The molecule has 0 N–H and O–H groups in total. The molecule has 2 rings (SSSR count). The van der Waals surface area contributed by atoms with E-state index in [-0.39, 0.29) is 0 Å². The van der Waals surface area contributed by atoms with Crippen molar-refractivity contribution in [2.45, 2.75) is 26.2 Å². The zero-order chi connectivity index (χ0) is 16.2. The highest BCUT2D eigenvalue weighted by Gasteiger charge is 2.12. The Hall–Kier alpha value is -1.25. The summed E-state index contributed by atoms with van der Waals surface area (Å²) in [6.07, 6.45) is 2.71. The van der Waals surface area contributed by atoms with Gasteiger partial charge in [-0.25, -0.2) is 0 Å². The van der Waals surface area contributed by atoms with E-state index in [1.165, 1.54) is 11.1 Å². The van der Waals surface area contributed by atoms with Crippen molar-refractivity contribution in [3.63, 3.8) is 0 Å². The Morgan fingerprint density at radius 1 is 0.652 bits per heavy atom. The molecule has 0 saturated carbocycles. The highest BCUT2D eigenvalue weighted by molar-refractivity contribution is 7.41. The van der Waals surface area contributed by atoms with Crippen molar-refractivity contribution in [1.82, 2.24) is 0 Å². The third-order valence-electron chi connectivity index (χ3n) is 3.26. The summed E-state index contributed by atoms with van der Waals surface area (Å²) in [5, 5.41) is 0. The molecule has 4 heteroatoms. The second-order valence-electron chi connectivity index (χ2n) is 5.19. The lowest BCUT2D eigenvalue weighted by molar-refractivity contribution is 0.162. The van der Waals surface area contributed by atoms with E-state index in [0.717, 1.165) is 19.3 Å². The lowest BCUT2D eigenvalue weighted by atomic mass is 10.2. The molecular formula is C19H25O3P. The summed E-state index contributed by atoms with van der Waals surface area (Å²) in [4.78, 5) is 0. The molecular weight excluding hydrogens is 307 g/mol. The lowest BCUT2D eigenvalue weighted by Crippen LogP contribution is -2.03. The van der Waals surface area contributed by atoms with Crippen LogP contribution in [-0.4, -0.2) is 19.8 Å². The van der Waals surface area contributed by atoms with Crippen LogP contribution in [0.25, 0.3) is 0 Å². The van der Waals surface area contributed by atoms with Crippen LogP contribution < -0.4 is 0 Å². The molecule has 0 radical (unpaired) electrons. The van der Waals surface area contributed by atoms with Crippen LogP contribution in [0.4, 0.5) is 0 Å². The molecule has 0 bridgehead atoms. The van der Waals surface area contributed by atoms with Gasteiger partial charge in [-0.1, -0.05) is 67.6 Å². The molecule has 2 aromatic rings. The minimum Gasteiger partial charge on any atom is -0.312 e. The van der Waals surface area contributed by atoms with Crippen LogP contribution in [0.2, 0.25) is 0 Å². The van der Waals surface area contributed by atoms with Gasteiger partial charge >= 0.3 is 8.60 Å². The van der Waals surface area contributed by atoms with Crippen molar-refractivity contribution in [3.8, 4) is 0 Å². The van der Waals surface area contributed by atoms with Crippen molar-refractivity contribution < 1.29 is 13.6 Å². The molecule has 0 atom stereocenters. The summed E-state index contributed by atoms with van der Waals surface area (Å²) in [5.74, 6) is 0. The number of hydrogen-bond donors (Lipinski definition) is 0. The van der Waals surface area contributed by atoms with E-state index >= 15 is 0 Å². The monoisotopic (exact) mass is 332 g/mol. The van der Waals surface area contributed by atoms with Gasteiger partial charge in [-0.05, 0) is 30.4 Å². The maximum atomic E-state index is 5.81. The van der Waals surface area contributed by atoms with E-state index < -0.39 is 8.60 Å². The summed E-state index contributed by atoms with van der Waals surface area (Å²) in [7, 11) is -1.26. The number of benzene rings is 2. The first kappa shape index (κ1) is 18.1. The van der Waals surface area contributed by atoms with E-state index in [1.54, 1.807) is 0 Å². The molecule has 0 heterocycles. The second-order valence-corrected chi connectivity index (χ2v) is 6.42. The van der Waals surface area contributed by atoms with Crippen LogP contribution in [0, 0.1) is 0 Å². The third-order valence-corrected chi connectivity index (χ3v) is 4.44. The summed E-state index contributed by atoms with van der Waals surface area (Å²) in [6, 6.07) is 20.6. The first-order valence-corrected chi connectivity index (χ1v) is 9.24. The standard InChI is InChI=1S/C19H25O3P/c1-2-15-20-23(21-16-13-18-9-5-3-6-10-18)22-17-14-19-11-7-4-8-12-19/h3-12H,2,13-17H2,1H3. The van der Waals surface area contributed by atoms with Gasteiger partial charge in [-0.3, -0.25) is 0 Å². The van der Waals surface area contributed by atoms with Gasteiger partial charge in [0.1, 0.15) is 0 Å². The zero-order valence-electron chi connectivity index (χ0n) is 13.7. The molecule has 0 amide bonds. The fraction of sp³-hybridized carbons (Fsp3) is 0.368. The van der Waals surface area contributed by atoms with Gasteiger partial charge in [0, 0.05) is 0 Å². The Kier molecular flexibility index (Phi) is 8.90. The van der Waals surface area contributed by atoms with Gasteiger partial charge in [0.15, 0.2) is 0 Å². The van der Waals surface area contributed by atoms with Crippen LogP contribution in [0.3, 0.4) is 0 Å². The van der Waals surface area contributed by atoms with Crippen molar-refractivity contribution in [1.29, 1.82) is 0 Å². The lowest BCUT2D eigenvalue weighted by Gasteiger charge is -2.16. The topological polar surface area (TPSA) is 27.7 Å². The predicted molar refractivity (Wildman–Crippen MR) is 95.4 cm³/mol. The van der Waals surface area contributed by atoms with Crippen molar-refractivity contribution in [3.05, 3.63) is 71.8 Å². The summed E-state index contributed by atoms with van der Waals surface area (Å²) >= 11 is 0. The van der Waals surface area contributed by atoms with E-state index in [0.29, 0.717) is 19.8 Å². The maximum absolute atomic E-state index is 5.81. The minimum atomic E-state index is -1.26. The van der Waals surface area contributed by atoms with E-state index in [9.17, 15) is 0 Å². The normalized spacial score (nSPS) is 11.0. The fourth-order valence-corrected chi connectivity index (χ4v) is 3.08. The van der Waals surface area contributed by atoms with Crippen LogP contribution in [-0.2, 0) is 26.4 Å². The first-order valence-electron chi connectivity index (χ1n) is 8.15. The van der Waals surface area contributed by atoms with Crippen molar-refractivity contribution in [2.24, 2.45) is 0 Å². The number of hydrogen-bond acceptors (Lipinski definition) is 3. The largest absolute Gasteiger partial charge is 0.332 e. The molecule has 0 aliphatic carbocycles. The molecule has 124 valence electrons. The Morgan fingerprint density at radius 3 is 1.52 bits per heavy atom. The first-order chi connectivity index (χ1) is 11.4. The van der Waals surface area contributed by atoms with Crippen molar-refractivity contribution in [2.75, 3.05) is 19.8 Å². The Balaban J connectivity index is 1.70. The Morgan fingerprint density at radius 2 is 1.09 bits per heavy atom. The molecule has 0 fully saturated rings. The average molecular weight is 332 g/mol. The second kappa shape index (κ2) is 11.3. The average Bonchev–Trinajstić information content (AvgIpc) is 2.61. The molecule has 0 saturated heterocycles. The molecule has 2 aromatic carbocycles. The predicted octanol–water partition coefficient (Wildman–Crippen LogP) is 5.16. The van der Waals surface area contributed by atoms with Gasteiger partial charge in [-0.15, -0.1) is 0 Å². The SMILES string of the molecule is CCCOP(OCCc1ccccc1)OCCc1ccccc1. The quantitative estimate of drug-likeness (QED) is 0.532. The van der Waals surface area contributed by atoms with Crippen LogP contribution in [0.5, 0.6) is 0 Å². The van der Waals surface area contributed by atoms with Gasteiger partial charge in [0.2, 0.25) is 0 Å². The Labute approximate surface area is 140 Å². The van der Waals surface area contributed by atoms with E-state index in [4.69, 9.17) is 13.6 Å². The molecule has 0 aliphatic heterocycles. The molecule has 0 aliphatic rings. The third kappa shape index (κ3) is 7.71. The van der Waals surface area contributed by atoms with E-state index in [1.807, 2.05) is 36.4 Å². The van der Waals surface area contributed by atoms with E-state index in [2.05, 4.69) is 31.2 Å². The Bertz CT molecular complexity index is 473. The van der Waals surface area contributed by atoms with Crippen LogP contribution in [0.1, 0.15) is 24.5 Å². The smallest absolute Gasteiger partial charge is 0.312 e. The molecule has 0 spiro atoms. The van der Waals surface area contributed by atoms with Gasteiger partial charge in [0.25, 0.3) is 0 Å². The molecule has 0 aromatic heterocycles. The van der Waals surface area contributed by atoms with Gasteiger partial charge in [-0.2, -0.15) is 0 Å². The molecule has 3 nitrogen and oxygen atoms in total. The minimum absolute atomic E-state index is 0.616. The molecule has 0 unspecified atom stereocenters. The molecule has 23 heavy (non-hydrogen) atoms. The number of rotatable bonds is 11. The van der Waals surface area contributed by atoms with Crippen LogP contribution >= 0.6 is 8.60 Å². The highest BCUT2D eigenvalue weighted by Crippen LogP contribution is 2.39. The summed E-state index contributed by atoms with van der Waals surface area (Å²) in [6.45, 7) is 3.99.